The maximum atomic E-state index is 12.7. The number of hydrogen-bond acceptors (Lipinski definition) is 4. The molecule has 0 saturated carbocycles. The van der Waals surface area contributed by atoms with Crippen molar-refractivity contribution in [1.82, 2.24) is 14.9 Å². The molecule has 0 N–H and O–H groups in total. The highest BCUT2D eigenvalue weighted by atomic mass is 16.2. The van der Waals surface area contributed by atoms with Gasteiger partial charge < -0.3 is 4.90 Å². The Morgan fingerprint density at radius 3 is 2.77 bits per heavy atom. The minimum Gasteiger partial charge on any atom is -0.342 e. The molecule has 0 bridgehead atoms. The van der Waals surface area contributed by atoms with Gasteiger partial charge in [0, 0.05) is 43.2 Å². The number of benzene rings is 1. The molecule has 0 unspecified atom stereocenters. The normalized spacial score (nSPS) is 18.6. The van der Waals surface area contributed by atoms with Crippen LogP contribution in [0.15, 0.2) is 30.3 Å². The van der Waals surface area contributed by atoms with Gasteiger partial charge in [0.2, 0.25) is 11.8 Å². The molecule has 1 fully saturated rings. The fourth-order valence-corrected chi connectivity index (χ4v) is 4.53. The predicted octanol–water partition coefficient (Wildman–Crippen LogP) is 3.42. The third-order valence-corrected chi connectivity index (χ3v) is 6.23. The minimum atomic E-state index is 0.110. The van der Waals surface area contributed by atoms with Crippen molar-refractivity contribution in [2.24, 2.45) is 0 Å². The molecular formula is C24H30N4O2. The lowest BCUT2D eigenvalue weighted by Crippen LogP contribution is -2.39. The summed E-state index contributed by atoms with van der Waals surface area (Å²) in [6.07, 6.45) is 4.70. The molecule has 1 saturated heterocycles. The third kappa shape index (κ3) is 4.23. The van der Waals surface area contributed by atoms with E-state index in [4.69, 9.17) is 9.97 Å². The van der Waals surface area contributed by atoms with Gasteiger partial charge in [-0.25, -0.2) is 9.97 Å². The Morgan fingerprint density at radius 2 is 2.00 bits per heavy atom. The highest BCUT2D eigenvalue weighted by Gasteiger charge is 2.33. The second kappa shape index (κ2) is 8.94. The van der Waals surface area contributed by atoms with E-state index in [1.54, 1.807) is 0 Å². The molecule has 1 aromatic heterocycles. The Kier molecular flexibility index (Phi) is 6.11. The molecule has 0 aliphatic carbocycles. The lowest BCUT2D eigenvalue weighted by molar-refractivity contribution is -0.132. The molecule has 2 aromatic rings. The van der Waals surface area contributed by atoms with Crippen molar-refractivity contribution in [2.75, 3.05) is 24.5 Å². The first-order valence-electron chi connectivity index (χ1n) is 11.1. The van der Waals surface area contributed by atoms with Crippen LogP contribution < -0.4 is 4.90 Å². The van der Waals surface area contributed by atoms with Crippen molar-refractivity contribution in [3.63, 3.8) is 0 Å². The number of hydrogen-bond donors (Lipinski definition) is 0. The first-order chi connectivity index (χ1) is 14.6. The van der Waals surface area contributed by atoms with Crippen LogP contribution in [0.5, 0.6) is 0 Å². The molecule has 1 aromatic carbocycles. The summed E-state index contributed by atoms with van der Waals surface area (Å²) in [5, 5.41) is 0. The van der Waals surface area contributed by atoms with E-state index in [1.807, 2.05) is 41.8 Å². The van der Waals surface area contributed by atoms with Gasteiger partial charge in [-0.15, -0.1) is 0 Å². The van der Waals surface area contributed by atoms with Crippen LogP contribution in [0.3, 0.4) is 0 Å². The zero-order valence-corrected chi connectivity index (χ0v) is 17.9. The molecule has 2 aliphatic rings. The molecule has 2 amide bonds. The predicted molar refractivity (Wildman–Crippen MR) is 116 cm³/mol. The summed E-state index contributed by atoms with van der Waals surface area (Å²) in [5.41, 5.74) is 3.14. The largest absolute Gasteiger partial charge is 0.342 e. The van der Waals surface area contributed by atoms with Crippen LogP contribution >= 0.6 is 0 Å². The topological polar surface area (TPSA) is 66.4 Å². The van der Waals surface area contributed by atoms with Gasteiger partial charge >= 0.3 is 0 Å². The number of rotatable bonds is 6. The second-order valence-corrected chi connectivity index (χ2v) is 8.31. The van der Waals surface area contributed by atoms with Crippen LogP contribution in [0.25, 0.3) is 0 Å². The number of carbonyl (C=O) groups excluding carboxylic acids is 2. The molecule has 6 heteroatoms. The van der Waals surface area contributed by atoms with Gasteiger partial charge in [0.1, 0.15) is 11.6 Å². The van der Waals surface area contributed by atoms with E-state index in [0.29, 0.717) is 25.9 Å². The van der Waals surface area contributed by atoms with E-state index in [0.717, 1.165) is 55.1 Å². The van der Waals surface area contributed by atoms with Crippen LogP contribution in [0.1, 0.15) is 61.2 Å². The van der Waals surface area contributed by atoms with Crippen molar-refractivity contribution in [1.29, 1.82) is 0 Å². The van der Waals surface area contributed by atoms with Crippen molar-refractivity contribution >= 4 is 17.6 Å². The molecular weight excluding hydrogens is 376 g/mol. The molecule has 0 spiro atoms. The van der Waals surface area contributed by atoms with Crippen LogP contribution in [-0.4, -0.2) is 46.3 Å². The van der Waals surface area contributed by atoms with E-state index in [1.165, 1.54) is 5.56 Å². The van der Waals surface area contributed by atoms with Crippen LogP contribution in [-0.2, 0) is 22.4 Å². The third-order valence-electron chi connectivity index (χ3n) is 6.23. The number of carbonyl (C=O) groups is 2. The SMILES string of the molecule is CCC(=O)N1CCC[C@@H](c2nc(C)c3c(n2)N(CCCc2ccccc2)C(=O)C3)C1. The number of aryl methyl sites for hydroxylation is 2. The molecule has 30 heavy (non-hydrogen) atoms. The summed E-state index contributed by atoms with van der Waals surface area (Å²) in [7, 11) is 0. The lowest BCUT2D eigenvalue weighted by atomic mass is 9.96. The van der Waals surface area contributed by atoms with Crippen molar-refractivity contribution in [3.05, 3.63) is 53.0 Å². The highest BCUT2D eigenvalue weighted by molar-refractivity contribution is 6.00. The van der Waals surface area contributed by atoms with E-state index < -0.39 is 0 Å². The highest BCUT2D eigenvalue weighted by Crippen LogP contribution is 2.33. The van der Waals surface area contributed by atoms with Gasteiger partial charge in [0.15, 0.2) is 0 Å². The van der Waals surface area contributed by atoms with Gasteiger partial charge in [-0.05, 0) is 38.2 Å². The zero-order chi connectivity index (χ0) is 21.1. The number of amides is 2. The minimum absolute atomic E-state index is 0.110. The fourth-order valence-electron chi connectivity index (χ4n) is 4.53. The Bertz CT molecular complexity index is 928. The molecule has 6 nitrogen and oxygen atoms in total. The second-order valence-electron chi connectivity index (χ2n) is 8.31. The molecule has 1 atom stereocenters. The monoisotopic (exact) mass is 406 g/mol. The Morgan fingerprint density at radius 1 is 1.20 bits per heavy atom. The average Bonchev–Trinajstić information content (AvgIpc) is 3.10. The standard InChI is InChI=1S/C24H30N4O2/c1-3-21(29)27-13-8-12-19(16-27)23-25-17(2)20-15-22(30)28(24(20)26-23)14-7-11-18-9-5-4-6-10-18/h4-6,9-10,19H,3,7-8,11-16H2,1-2H3/t19-/m1/s1. The molecule has 3 heterocycles. The van der Waals surface area contributed by atoms with Crippen molar-refractivity contribution in [2.45, 2.75) is 58.3 Å². The Hall–Kier alpha value is -2.76. The number of nitrogens with zero attached hydrogens (tertiary/aromatic N) is 4. The summed E-state index contributed by atoms with van der Waals surface area (Å²) < 4.78 is 0. The van der Waals surface area contributed by atoms with E-state index in [2.05, 4.69) is 12.1 Å². The number of anilines is 1. The summed E-state index contributed by atoms with van der Waals surface area (Å²) >= 11 is 0. The van der Waals surface area contributed by atoms with Gasteiger partial charge in [0.25, 0.3) is 0 Å². The fraction of sp³-hybridized carbons (Fsp3) is 0.500. The van der Waals surface area contributed by atoms with Crippen LogP contribution in [0.2, 0.25) is 0 Å². The van der Waals surface area contributed by atoms with Crippen molar-refractivity contribution in [3.8, 4) is 0 Å². The number of aromatic nitrogens is 2. The summed E-state index contributed by atoms with van der Waals surface area (Å²) in [6, 6.07) is 10.4. The lowest BCUT2D eigenvalue weighted by Gasteiger charge is -2.32. The zero-order valence-electron chi connectivity index (χ0n) is 17.9. The van der Waals surface area contributed by atoms with E-state index in [9.17, 15) is 9.59 Å². The first kappa shape index (κ1) is 20.5. The van der Waals surface area contributed by atoms with E-state index >= 15 is 0 Å². The molecule has 2 aliphatic heterocycles. The van der Waals surface area contributed by atoms with Crippen LogP contribution in [0.4, 0.5) is 5.82 Å². The average molecular weight is 407 g/mol. The molecule has 0 radical (unpaired) electrons. The number of fused-ring (bicyclic) bond motifs is 1. The van der Waals surface area contributed by atoms with Gasteiger partial charge in [-0.1, -0.05) is 37.3 Å². The molecule has 4 rings (SSSR count). The Labute approximate surface area is 178 Å². The van der Waals surface area contributed by atoms with Gasteiger partial charge in [0.05, 0.1) is 6.42 Å². The number of likely N-dealkylation sites (tertiary alicyclic amines) is 1. The maximum absolute atomic E-state index is 12.7. The summed E-state index contributed by atoms with van der Waals surface area (Å²) in [5.74, 6) is 2.01. The summed E-state index contributed by atoms with van der Waals surface area (Å²) in [4.78, 5) is 38.3. The van der Waals surface area contributed by atoms with Crippen LogP contribution in [0, 0.1) is 6.92 Å². The summed E-state index contributed by atoms with van der Waals surface area (Å²) in [6.45, 7) is 6.04. The van der Waals surface area contributed by atoms with Gasteiger partial charge in [-0.2, -0.15) is 0 Å². The molecule has 158 valence electrons. The smallest absolute Gasteiger partial charge is 0.232 e. The number of piperidine rings is 1. The van der Waals surface area contributed by atoms with E-state index in [-0.39, 0.29) is 17.7 Å². The van der Waals surface area contributed by atoms with Crippen molar-refractivity contribution < 1.29 is 9.59 Å². The Balaban J connectivity index is 1.50. The quantitative estimate of drug-likeness (QED) is 0.737. The van der Waals surface area contributed by atoms with Gasteiger partial charge in [-0.3, -0.25) is 14.5 Å². The first-order valence-corrected chi connectivity index (χ1v) is 11.1. The maximum Gasteiger partial charge on any atom is 0.232 e.